The van der Waals surface area contributed by atoms with E-state index in [2.05, 4.69) is 46.6 Å². The number of carbonyl (C=O) groups is 1. The second-order valence-electron chi connectivity index (χ2n) is 13.6. The number of benzene rings is 2. The average Bonchev–Trinajstić information content (AvgIpc) is 3.55. The molecule has 13 nitrogen and oxygen atoms in total. The minimum atomic E-state index is -3.34. The van der Waals surface area contributed by atoms with E-state index < -0.39 is 15.3 Å². The first-order valence-electron chi connectivity index (χ1n) is 17.2. The van der Waals surface area contributed by atoms with Crippen molar-refractivity contribution in [2.75, 3.05) is 63.4 Å². The molecule has 0 saturated carbocycles. The highest BCUT2D eigenvalue weighted by atomic mass is 32.2. The van der Waals surface area contributed by atoms with Gasteiger partial charge in [0.05, 0.1) is 17.1 Å². The lowest BCUT2D eigenvalue weighted by molar-refractivity contribution is -0.111. The molecule has 1 saturated heterocycles. The normalized spacial score (nSPS) is 14.5. The first-order valence-corrected chi connectivity index (χ1v) is 18.7. The van der Waals surface area contributed by atoms with Gasteiger partial charge in [-0.1, -0.05) is 50.3 Å². The van der Waals surface area contributed by atoms with Crippen molar-refractivity contribution in [3.8, 4) is 11.3 Å². The molecule has 2 aromatic carbocycles. The van der Waals surface area contributed by atoms with Gasteiger partial charge in [0.2, 0.25) is 27.8 Å². The Hall–Kier alpha value is -4.92. The number of likely N-dealkylation sites (N-methyl/N-ethyl adjacent to an activating group) is 1. The summed E-state index contributed by atoms with van der Waals surface area (Å²) in [5, 5.41) is 12.6. The highest BCUT2D eigenvalue weighted by Gasteiger charge is 2.32. The van der Waals surface area contributed by atoms with Crippen molar-refractivity contribution in [1.82, 2.24) is 33.8 Å². The molecule has 0 bridgehead atoms. The molecule has 3 aromatic heterocycles. The first kappa shape index (κ1) is 35.9. The van der Waals surface area contributed by atoms with E-state index in [0.29, 0.717) is 56.6 Å². The molecule has 5 aromatic rings. The van der Waals surface area contributed by atoms with Crippen LogP contribution in [0.15, 0.2) is 73.1 Å². The summed E-state index contributed by atoms with van der Waals surface area (Å²) >= 11 is 0. The summed E-state index contributed by atoms with van der Waals surface area (Å²) in [6, 6.07) is 15.9. The van der Waals surface area contributed by atoms with Crippen LogP contribution < -0.4 is 15.5 Å². The predicted octanol–water partition coefficient (Wildman–Crippen LogP) is 4.99. The number of sulfonamides is 1. The molecule has 51 heavy (non-hydrogen) atoms. The van der Waals surface area contributed by atoms with Gasteiger partial charge in [0.15, 0.2) is 5.65 Å². The molecule has 0 radical (unpaired) electrons. The second kappa shape index (κ2) is 15.1. The minimum Gasteiger partial charge on any atom is -0.350 e. The summed E-state index contributed by atoms with van der Waals surface area (Å²) in [5.41, 5.74) is 5.25. The molecular weight excluding hydrogens is 665 g/mol. The van der Waals surface area contributed by atoms with Crippen LogP contribution in [0.1, 0.15) is 43.7 Å². The number of carbonyl (C=O) groups excluding carboxylic acids is 1. The predicted molar refractivity (Wildman–Crippen MR) is 204 cm³/mol. The van der Waals surface area contributed by atoms with Crippen LogP contribution in [0, 0.1) is 0 Å². The quantitative estimate of drug-likeness (QED) is 0.170. The van der Waals surface area contributed by atoms with Crippen LogP contribution in [0.5, 0.6) is 0 Å². The third-order valence-electron chi connectivity index (χ3n) is 9.14. The fourth-order valence-electron chi connectivity index (χ4n) is 6.30. The second-order valence-corrected chi connectivity index (χ2v) is 16.0. The minimum absolute atomic E-state index is 0.177. The number of nitrogens with one attached hydrogen (secondary N) is 2. The highest BCUT2D eigenvalue weighted by molar-refractivity contribution is 7.89. The summed E-state index contributed by atoms with van der Waals surface area (Å²) in [5.74, 6) is 1.11. The van der Waals surface area contributed by atoms with Crippen molar-refractivity contribution in [3.05, 3.63) is 84.2 Å². The van der Waals surface area contributed by atoms with E-state index in [0.717, 1.165) is 38.8 Å². The van der Waals surface area contributed by atoms with Crippen LogP contribution in [-0.2, 0) is 21.4 Å². The maximum atomic E-state index is 12.8. The van der Waals surface area contributed by atoms with E-state index in [1.165, 1.54) is 4.31 Å². The van der Waals surface area contributed by atoms with Crippen LogP contribution >= 0.6 is 0 Å². The third kappa shape index (κ3) is 7.87. The maximum Gasteiger partial charge on any atom is 0.248 e. The smallest absolute Gasteiger partial charge is 0.248 e. The molecule has 268 valence electrons. The van der Waals surface area contributed by atoms with Crippen LogP contribution in [0.25, 0.3) is 27.7 Å². The number of pyridine rings is 1. The van der Waals surface area contributed by atoms with Gasteiger partial charge < -0.3 is 20.4 Å². The van der Waals surface area contributed by atoms with Crippen molar-refractivity contribution in [3.63, 3.8) is 0 Å². The summed E-state index contributed by atoms with van der Waals surface area (Å²) in [6.07, 6.45) is 8.01. The van der Waals surface area contributed by atoms with Crippen molar-refractivity contribution >= 4 is 49.9 Å². The Morgan fingerprint density at radius 3 is 2.53 bits per heavy atom. The third-order valence-corrected chi connectivity index (χ3v) is 11.5. The molecule has 0 atom stereocenters. The highest BCUT2D eigenvalue weighted by Crippen LogP contribution is 2.32. The number of rotatable bonds is 12. The van der Waals surface area contributed by atoms with Gasteiger partial charge in [-0.3, -0.25) is 9.78 Å². The molecule has 14 heteroatoms. The molecule has 0 aliphatic carbocycles. The van der Waals surface area contributed by atoms with Crippen LogP contribution in [0.4, 0.5) is 17.6 Å². The lowest BCUT2D eigenvalue weighted by atomic mass is 9.99. The van der Waals surface area contributed by atoms with E-state index in [1.807, 2.05) is 67.7 Å². The molecule has 0 unspecified atom stereocenters. The number of fused-ring (bicyclic) bond motifs is 2. The molecule has 1 aliphatic rings. The summed E-state index contributed by atoms with van der Waals surface area (Å²) in [6.45, 7) is 6.41. The fraction of sp³-hybridized carbons (Fsp3) is 0.378. The molecule has 1 fully saturated rings. The van der Waals surface area contributed by atoms with Gasteiger partial charge in [-0.05, 0) is 62.0 Å². The van der Waals surface area contributed by atoms with Gasteiger partial charge in [0.1, 0.15) is 0 Å². The van der Waals surface area contributed by atoms with Crippen molar-refractivity contribution in [2.24, 2.45) is 0 Å². The Kier molecular flexibility index (Phi) is 10.6. The van der Waals surface area contributed by atoms with E-state index in [1.54, 1.807) is 30.9 Å². The zero-order chi connectivity index (χ0) is 36.3. The molecule has 4 heterocycles. The summed E-state index contributed by atoms with van der Waals surface area (Å²) in [4.78, 5) is 31.2. The van der Waals surface area contributed by atoms with Crippen molar-refractivity contribution in [1.29, 1.82) is 0 Å². The number of hydrogen-bond donors (Lipinski definition) is 2. The zero-order valence-electron chi connectivity index (χ0n) is 30.0. The van der Waals surface area contributed by atoms with Crippen LogP contribution in [0.2, 0.25) is 0 Å². The number of piperidine rings is 1. The Labute approximate surface area is 299 Å². The Morgan fingerprint density at radius 1 is 1.04 bits per heavy atom. The largest absolute Gasteiger partial charge is 0.350 e. The van der Waals surface area contributed by atoms with Gasteiger partial charge in [0, 0.05) is 74.7 Å². The monoisotopic (exact) mass is 710 g/mol. The number of nitrogens with zero attached hydrogens (tertiary/aromatic N) is 8. The zero-order valence-corrected chi connectivity index (χ0v) is 30.9. The van der Waals surface area contributed by atoms with Crippen LogP contribution in [0.3, 0.4) is 0 Å². The summed E-state index contributed by atoms with van der Waals surface area (Å²) in [7, 11) is 3.74. The van der Waals surface area contributed by atoms with E-state index in [-0.39, 0.29) is 11.8 Å². The number of aromatic nitrogens is 5. The van der Waals surface area contributed by atoms with Crippen molar-refractivity contribution < 1.29 is 13.2 Å². The number of amides is 1. The van der Waals surface area contributed by atoms with E-state index in [9.17, 15) is 13.2 Å². The van der Waals surface area contributed by atoms with E-state index in [4.69, 9.17) is 15.0 Å². The van der Waals surface area contributed by atoms with Gasteiger partial charge in [-0.2, -0.15) is 19.6 Å². The number of hydrogen-bond acceptors (Lipinski definition) is 10. The molecule has 1 aliphatic heterocycles. The Bertz CT molecular complexity index is 2170. The molecule has 6 rings (SSSR count). The molecular formula is C37H46N10O3S. The van der Waals surface area contributed by atoms with Crippen LogP contribution in [-0.4, -0.2) is 101 Å². The fourth-order valence-corrected chi connectivity index (χ4v) is 7.71. The SMILES string of the molecule is CC(C)c1cnn2c(NCc3ccccc3-c3nccc4cc(NC(=O)/C=C/CN(C)C)ccc34)nc(N3CCC(S(=O)(=O)N(C)C)CC3)nc12. The summed E-state index contributed by atoms with van der Waals surface area (Å²) < 4.78 is 28.7. The molecule has 1 amide bonds. The Morgan fingerprint density at radius 2 is 1.80 bits per heavy atom. The first-order chi connectivity index (χ1) is 24.4. The van der Waals surface area contributed by atoms with Crippen molar-refractivity contribution in [2.45, 2.75) is 44.4 Å². The molecule has 0 spiro atoms. The topological polar surface area (TPSA) is 141 Å². The average molecular weight is 711 g/mol. The lowest BCUT2D eigenvalue weighted by Gasteiger charge is -2.33. The standard InChI is InChI=1S/C37H46N10O3S/c1-25(2)32-24-40-47-35(32)42-37(46-20-16-29(17-21-46)51(49,50)45(5)6)43-36(47)39-23-27-10-7-8-11-30(27)34-31-14-13-28(22-26(31)15-18-38-34)41-33(48)12-9-19-44(3)4/h7-15,18,22,24-25,29H,16-17,19-21,23H2,1-6H3,(H,41,48)(H,39,42,43)/b12-9+. The van der Waals surface area contributed by atoms with Gasteiger partial charge in [-0.25, -0.2) is 12.7 Å². The van der Waals surface area contributed by atoms with Gasteiger partial charge in [0.25, 0.3) is 0 Å². The van der Waals surface area contributed by atoms with Gasteiger partial charge >= 0.3 is 0 Å². The Balaban J connectivity index is 1.27. The van der Waals surface area contributed by atoms with Gasteiger partial charge in [-0.15, -0.1) is 0 Å². The maximum absolute atomic E-state index is 12.8. The van der Waals surface area contributed by atoms with E-state index >= 15 is 0 Å². The lowest BCUT2D eigenvalue weighted by Crippen LogP contribution is -2.43. The molecule has 2 N–H and O–H groups in total. The number of anilines is 3.